The summed E-state index contributed by atoms with van der Waals surface area (Å²) in [5, 5.41) is 9.55. The Hall–Kier alpha value is -1.14. The second kappa shape index (κ2) is 7.62. The molecule has 1 aromatic carbocycles. The molecule has 23 heavy (non-hydrogen) atoms. The van der Waals surface area contributed by atoms with Crippen LogP contribution in [0.2, 0.25) is 0 Å². The Balaban J connectivity index is 1.43. The smallest absolute Gasteiger partial charge is 0.119 e. The quantitative estimate of drug-likeness (QED) is 0.818. The van der Waals surface area contributed by atoms with Crippen molar-refractivity contribution in [1.82, 2.24) is 9.80 Å². The number of aliphatic hydroxyl groups excluding tert-OH is 1. The number of ether oxygens (including phenoxy) is 2. The van der Waals surface area contributed by atoms with Crippen LogP contribution in [0.5, 0.6) is 5.75 Å². The van der Waals surface area contributed by atoms with E-state index in [1.54, 1.807) is 0 Å². The molecule has 0 bridgehead atoms. The molecule has 0 unspecified atom stereocenters. The van der Waals surface area contributed by atoms with Gasteiger partial charge in [-0.25, -0.2) is 0 Å². The van der Waals surface area contributed by atoms with E-state index in [1.165, 1.54) is 5.56 Å². The number of aliphatic hydroxyl groups is 1. The summed E-state index contributed by atoms with van der Waals surface area (Å²) in [5.74, 6) is 0.943. The van der Waals surface area contributed by atoms with Gasteiger partial charge in [0, 0.05) is 39.3 Å². The number of piperazine rings is 1. The summed E-state index contributed by atoms with van der Waals surface area (Å²) >= 11 is 0. The Bertz CT molecular complexity index is 474. The van der Waals surface area contributed by atoms with Crippen molar-refractivity contribution in [1.29, 1.82) is 0 Å². The zero-order valence-corrected chi connectivity index (χ0v) is 14.0. The third-order valence-corrected chi connectivity index (χ3v) is 4.82. The molecule has 2 aliphatic rings. The summed E-state index contributed by atoms with van der Waals surface area (Å²) in [7, 11) is 0. The highest BCUT2D eigenvalue weighted by Crippen LogP contribution is 2.28. The Labute approximate surface area is 138 Å². The van der Waals surface area contributed by atoms with E-state index in [-0.39, 0.29) is 12.0 Å². The molecule has 0 saturated carbocycles. The van der Waals surface area contributed by atoms with Gasteiger partial charge in [0.1, 0.15) is 5.75 Å². The molecule has 2 aliphatic heterocycles. The van der Waals surface area contributed by atoms with Crippen molar-refractivity contribution in [3.8, 4) is 5.75 Å². The van der Waals surface area contributed by atoms with Gasteiger partial charge in [0.05, 0.1) is 31.8 Å². The lowest BCUT2D eigenvalue weighted by Crippen LogP contribution is -2.56. The summed E-state index contributed by atoms with van der Waals surface area (Å²) in [6.07, 6.45) is 0. The topological polar surface area (TPSA) is 45.2 Å². The van der Waals surface area contributed by atoms with Crippen LogP contribution in [0.4, 0.5) is 0 Å². The van der Waals surface area contributed by atoms with Gasteiger partial charge in [0.25, 0.3) is 0 Å². The maximum Gasteiger partial charge on any atom is 0.119 e. The predicted octanol–water partition coefficient (Wildman–Crippen LogP) is 1.21. The molecule has 3 rings (SSSR count). The molecule has 5 nitrogen and oxygen atoms in total. The van der Waals surface area contributed by atoms with E-state index in [0.29, 0.717) is 19.8 Å². The molecule has 1 N–H and O–H groups in total. The fourth-order valence-corrected chi connectivity index (χ4v) is 3.32. The van der Waals surface area contributed by atoms with Crippen LogP contribution in [0.15, 0.2) is 24.3 Å². The molecule has 2 fully saturated rings. The largest absolute Gasteiger partial charge is 0.494 e. The molecular weight excluding hydrogens is 292 g/mol. The van der Waals surface area contributed by atoms with E-state index in [1.807, 2.05) is 6.92 Å². The summed E-state index contributed by atoms with van der Waals surface area (Å²) < 4.78 is 10.8. The lowest BCUT2D eigenvalue weighted by molar-refractivity contribution is -0.150. The number of nitrogens with zero attached hydrogens (tertiary/aromatic N) is 2. The molecule has 0 radical (unpaired) electrons. The van der Waals surface area contributed by atoms with Gasteiger partial charge >= 0.3 is 0 Å². The number of benzene rings is 1. The highest BCUT2D eigenvalue weighted by atomic mass is 16.5. The van der Waals surface area contributed by atoms with Crippen LogP contribution in [0, 0.1) is 5.41 Å². The van der Waals surface area contributed by atoms with Gasteiger partial charge in [-0.05, 0) is 24.6 Å². The molecule has 1 aromatic rings. The van der Waals surface area contributed by atoms with Gasteiger partial charge < -0.3 is 14.6 Å². The van der Waals surface area contributed by atoms with Gasteiger partial charge in [-0.2, -0.15) is 0 Å². The highest BCUT2D eigenvalue weighted by Gasteiger charge is 2.40. The first-order valence-electron chi connectivity index (χ1n) is 8.58. The molecule has 0 spiro atoms. The molecule has 128 valence electrons. The van der Waals surface area contributed by atoms with Gasteiger partial charge in [-0.3, -0.25) is 9.80 Å². The Morgan fingerprint density at radius 1 is 1.09 bits per heavy atom. The maximum absolute atomic E-state index is 9.55. The van der Waals surface area contributed by atoms with E-state index in [2.05, 4.69) is 34.1 Å². The van der Waals surface area contributed by atoms with Crippen LogP contribution in [0.3, 0.4) is 0 Å². The standard InChI is InChI=1S/C18H28N2O3/c1-2-23-17-5-3-16(4-6-17)11-19-7-9-20(10-8-19)12-18(13-21)14-22-15-18/h3-6,21H,2,7-15H2,1H3. The zero-order chi connectivity index (χ0) is 16.1. The minimum absolute atomic E-state index is 0.00270. The van der Waals surface area contributed by atoms with E-state index < -0.39 is 0 Å². The van der Waals surface area contributed by atoms with E-state index >= 15 is 0 Å². The average Bonchev–Trinajstić information content (AvgIpc) is 2.55. The minimum Gasteiger partial charge on any atom is -0.494 e. The number of rotatable bonds is 7. The van der Waals surface area contributed by atoms with Crippen molar-refractivity contribution in [3.63, 3.8) is 0 Å². The third kappa shape index (κ3) is 4.23. The fraction of sp³-hybridized carbons (Fsp3) is 0.667. The van der Waals surface area contributed by atoms with Crippen molar-refractivity contribution < 1.29 is 14.6 Å². The van der Waals surface area contributed by atoms with Crippen LogP contribution in [-0.4, -0.2) is 74.1 Å². The van der Waals surface area contributed by atoms with Crippen LogP contribution < -0.4 is 4.74 Å². The first-order chi connectivity index (χ1) is 11.2. The fourth-order valence-electron chi connectivity index (χ4n) is 3.32. The SMILES string of the molecule is CCOc1ccc(CN2CCN(CC3(CO)COC3)CC2)cc1. The average molecular weight is 320 g/mol. The first-order valence-corrected chi connectivity index (χ1v) is 8.58. The lowest BCUT2D eigenvalue weighted by Gasteiger charge is -2.45. The molecular formula is C18H28N2O3. The highest BCUT2D eigenvalue weighted by molar-refractivity contribution is 5.27. The number of hydrogen-bond acceptors (Lipinski definition) is 5. The second-order valence-electron chi connectivity index (χ2n) is 6.78. The van der Waals surface area contributed by atoms with E-state index in [9.17, 15) is 5.11 Å². The summed E-state index contributed by atoms with van der Waals surface area (Å²) in [5.41, 5.74) is 1.33. The van der Waals surface area contributed by atoms with Gasteiger partial charge in [0.15, 0.2) is 0 Å². The Morgan fingerprint density at radius 3 is 2.26 bits per heavy atom. The molecule has 2 saturated heterocycles. The molecule has 0 atom stereocenters. The molecule has 2 heterocycles. The monoisotopic (exact) mass is 320 g/mol. The Morgan fingerprint density at radius 2 is 1.74 bits per heavy atom. The molecule has 0 aliphatic carbocycles. The third-order valence-electron chi connectivity index (χ3n) is 4.82. The van der Waals surface area contributed by atoms with Crippen molar-refractivity contribution in [3.05, 3.63) is 29.8 Å². The van der Waals surface area contributed by atoms with E-state index in [0.717, 1.165) is 45.0 Å². The minimum atomic E-state index is -0.00270. The second-order valence-corrected chi connectivity index (χ2v) is 6.78. The normalized spacial score (nSPS) is 21.8. The van der Waals surface area contributed by atoms with Crippen LogP contribution >= 0.6 is 0 Å². The van der Waals surface area contributed by atoms with Crippen molar-refractivity contribution in [2.24, 2.45) is 5.41 Å². The summed E-state index contributed by atoms with van der Waals surface area (Å²) in [6.45, 7) is 10.6. The molecule has 5 heteroatoms. The van der Waals surface area contributed by atoms with Crippen molar-refractivity contribution in [2.75, 3.05) is 59.2 Å². The van der Waals surface area contributed by atoms with Crippen LogP contribution in [0.1, 0.15) is 12.5 Å². The Kier molecular flexibility index (Phi) is 5.54. The van der Waals surface area contributed by atoms with Crippen molar-refractivity contribution >= 4 is 0 Å². The summed E-state index contributed by atoms with van der Waals surface area (Å²) in [4.78, 5) is 4.96. The number of hydrogen-bond donors (Lipinski definition) is 1. The maximum atomic E-state index is 9.55. The first kappa shape index (κ1) is 16.7. The molecule has 0 aromatic heterocycles. The lowest BCUT2D eigenvalue weighted by atomic mass is 9.86. The van der Waals surface area contributed by atoms with Gasteiger partial charge in [-0.1, -0.05) is 12.1 Å². The van der Waals surface area contributed by atoms with Crippen LogP contribution in [-0.2, 0) is 11.3 Å². The summed E-state index contributed by atoms with van der Waals surface area (Å²) in [6, 6.07) is 8.42. The van der Waals surface area contributed by atoms with Gasteiger partial charge in [-0.15, -0.1) is 0 Å². The molecule has 0 amide bonds. The predicted molar refractivity (Wildman–Crippen MR) is 89.7 cm³/mol. The van der Waals surface area contributed by atoms with E-state index in [4.69, 9.17) is 9.47 Å². The van der Waals surface area contributed by atoms with Gasteiger partial charge in [0.2, 0.25) is 0 Å². The van der Waals surface area contributed by atoms with Crippen molar-refractivity contribution in [2.45, 2.75) is 13.5 Å². The van der Waals surface area contributed by atoms with Crippen LogP contribution in [0.25, 0.3) is 0 Å². The zero-order valence-electron chi connectivity index (χ0n) is 14.0.